The lowest BCUT2D eigenvalue weighted by molar-refractivity contribution is 0.0842. The highest BCUT2D eigenvalue weighted by Gasteiger charge is 2.16. The van der Waals surface area contributed by atoms with Gasteiger partial charge in [-0.2, -0.15) is 0 Å². The molecule has 0 spiro atoms. The standard InChI is InChI=1S/C18H12BrFN2O3/c19-12-5-6-13(15(20)9-12)17(24)21-22-18(25)14-7-10-3-1-2-4-11(10)8-16(14)23/h1-9,23H,(H,21,24)(H,22,25). The SMILES string of the molecule is O=C(NNC(=O)c1ccc(Br)cc1F)c1cc2ccccc2cc1O. The normalized spacial score (nSPS) is 10.5. The quantitative estimate of drug-likeness (QED) is 0.573. The number of rotatable bonds is 2. The van der Waals surface area contributed by atoms with Crippen LogP contribution in [0.5, 0.6) is 5.75 Å². The Hall–Kier alpha value is -2.93. The Morgan fingerprint density at radius 1 is 0.880 bits per heavy atom. The van der Waals surface area contributed by atoms with Crippen LogP contribution in [0.25, 0.3) is 10.8 Å². The average Bonchev–Trinajstić information content (AvgIpc) is 2.58. The number of amides is 2. The van der Waals surface area contributed by atoms with Gasteiger partial charge in [0.15, 0.2) is 0 Å². The zero-order chi connectivity index (χ0) is 18.0. The number of carbonyl (C=O) groups excluding carboxylic acids is 2. The van der Waals surface area contributed by atoms with Crippen molar-refractivity contribution in [2.24, 2.45) is 0 Å². The van der Waals surface area contributed by atoms with Gasteiger partial charge in [0, 0.05) is 4.47 Å². The molecule has 0 aliphatic heterocycles. The summed E-state index contributed by atoms with van der Waals surface area (Å²) in [4.78, 5) is 24.2. The molecule has 3 rings (SSSR count). The summed E-state index contributed by atoms with van der Waals surface area (Å²) in [5.41, 5.74) is 4.07. The fourth-order valence-corrected chi connectivity index (χ4v) is 2.67. The first kappa shape index (κ1) is 16.9. The van der Waals surface area contributed by atoms with E-state index in [1.807, 2.05) is 6.07 Å². The monoisotopic (exact) mass is 402 g/mol. The molecular formula is C18H12BrFN2O3. The molecule has 5 nitrogen and oxygen atoms in total. The van der Waals surface area contributed by atoms with Crippen molar-refractivity contribution in [1.29, 1.82) is 0 Å². The number of phenols is 1. The molecule has 3 aromatic rings. The summed E-state index contributed by atoms with van der Waals surface area (Å²) in [5.74, 6) is -2.47. The number of phenolic OH excluding ortho intramolecular Hbond substituents is 1. The van der Waals surface area contributed by atoms with E-state index in [-0.39, 0.29) is 16.9 Å². The van der Waals surface area contributed by atoms with Gasteiger partial charge >= 0.3 is 0 Å². The Labute approximate surface area is 150 Å². The number of carbonyl (C=O) groups is 2. The van der Waals surface area contributed by atoms with E-state index in [9.17, 15) is 19.1 Å². The molecule has 0 radical (unpaired) electrons. The van der Waals surface area contributed by atoms with Crippen LogP contribution in [-0.2, 0) is 0 Å². The second-order valence-electron chi connectivity index (χ2n) is 5.25. The summed E-state index contributed by atoms with van der Waals surface area (Å²) >= 11 is 3.10. The minimum absolute atomic E-state index is 0.00437. The molecule has 25 heavy (non-hydrogen) atoms. The first-order valence-electron chi connectivity index (χ1n) is 7.23. The van der Waals surface area contributed by atoms with Gasteiger partial charge in [0.1, 0.15) is 11.6 Å². The minimum Gasteiger partial charge on any atom is -0.507 e. The summed E-state index contributed by atoms with van der Waals surface area (Å²) in [6.07, 6.45) is 0. The van der Waals surface area contributed by atoms with Crippen LogP contribution in [-0.4, -0.2) is 16.9 Å². The lowest BCUT2D eigenvalue weighted by Gasteiger charge is -2.10. The van der Waals surface area contributed by atoms with Gasteiger partial charge in [-0.05, 0) is 41.1 Å². The van der Waals surface area contributed by atoms with Crippen molar-refractivity contribution >= 4 is 38.5 Å². The van der Waals surface area contributed by atoms with Crippen LogP contribution in [0.3, 0.4) is 0 Å². The number of hydrogen-bond acceptors (Lipinski definition) is 3. The fraction of sp³-hybridized carbons (Fsp3) is 0. The van der Waals surface area contributed by atoms with E-state index in [4.69, 9.17) is 0 Å². The molecule has 0 aromatic heterocycles. The number of halogens is 2. The third-order valence-corrected chi connectivity index (χ3v) is 4.07. The average molecular weight is 403 g/mol. The van der Waals surface area contributed by atoms with Gasteiger partial charge in [0.2, 0.25) is 0 Å². The molecular weight excluding hydrogens is 391 g/mol. The lowest BCUT2D eigenvalue weighted by Crippen LogP contribution is -2.42. The predicted octanol–water partition coefficient (Wildman–Crippen LogP) is 3.52. The molecule has 0 aliphatic carbocycles. The van der Waals surface area contributed by atoms with Crippen molar-refractivity contribution in [2.45, 2.75) is 0 Å². The van der Waals surface area contributed by atoms with Gasteiger partial charge in [-0.3, -0.25) is 20.4 Å². The summed E-state index contributed by atoms with van der Waals surface area (Å²) in [7, 11) is 0. The molecule has 0 fully saturated rings. The van der Waals surface area contributed by atoms with E-state index >= 15 is 0 Å². The van der Waals surface area contributed by atoms with E-state index in [0.29, 0.717) is 4.47 Å². The van der Waals surface area contributed by atoms with Crippen molar-refractivity contribution in [2.75, 3.05) is 0 Å². The molecule has 3 N–H and O–H groups in total. The maximum atomic E-state index is 13.7. The Morgan fingerprint density at radius 2 is 1.48 bits per heavy atom. The maximum Gasteiger partial charge on any atom is 0.273 e. The zero-order valence-electron chi connectivity index (χ0n) is 12.7. The Balaban J connectivity index is 1.76. The highest BCUT2D eigenvalue weighted by molar-refractivity contribution is 9.10. The summed E-state index contributed by atoms with van der Waals surface area (Å²) < 4.78 is 14.2. The van der Waals surface area contributed by atoms with Crippen LogP contribution >= 0.6 is 15.9 Å². The van der Waals surface area contributed by atoms with Gasteiger partial charge in [-0.25, -0.2) is 4.39 Å². The summed E-state index contributed by atoms with van der Waals surface area (Å²) in [6.45, 7) is 0. The second kappa shape index (κ2) is 6.90. The molecule has 2 amide bonds. The van der Waals surface area contributed by atoms with Crippen LogP contribution in [0.15, 0.2) is 59.1 Å². The highest BCUT2D eigenvalue weighted by atomic mass is 79.9. The second-order valence-corrected chi connectivity index (χ2v) is 6.16. The molecule has 126 valence electrons. The van der Waals surface area contributed by atoms with Crippen molar-refractivity contribution in [3.8, 4) is 5.75 Å². The topological polar surface area (TPSA) is 78.4 Å². The molecule has 0 heterocycles. The molecule has 0 bridgehead atoms. The van der Waals surface area contributed by atoms with Crippen molar-refractivity contribution in [1.82, 2.24) is 10.9 Å². The number of hydrogen-bond donors (Lipinski definition) is 3. The fourth-order valence-electron chi connectivity index (χ4n) is 2.33. The van der Waals surface area contributed by atoms with Gasteiger partial charge in [0.05, 0.1) is 11.1 Å². The van der Waals surface area contributed by atoms with E-state index in [1.54, 1.807) is 18.2 Å². The largest absolute Gasteiger partial charge is 0.507 e. The maximum absolute atomic E-state index is 13.7. The van der Waals surface area contributed by atoms with Crippen molar-refractivity contribution in [3.05, 3.63) is 76.0 Å². The van der Waals surface area contributed by atoms with E-state index < -0.39 is 17.6 Å². The van der Waals surface area contributed by atoms with Gasteiger partial charge in [-0.15, -0.1) is 0 Å². The minimum atomic E-state index is -0.807. The van der Waals surface area contributed by atoms with Crippen LogP contribution < -0.4 is 10.9 Å². The molecule has 0 atom stereocenters. The van der Waals surface area contributed by atoms with Crippen LogP contribution in [0.1, 0.15) is 20.7 Å². The Morgan fingerprint density at radius 3 is 2.12 bits per heavy atom. The van der Waals surface area contributed by atoms with Crippen molar-refractivity contribution in [3.63, 3.8) is 0 Å². The lowest BCUT2D eigenvalue weighted by atomic mass is 10.1. The zero-order valence-corrected chi connectivity index (χ0v) is 14.3. The summed E-state index contributed by atoms with van der Waals surface area (Å²) in [6, 6.07) is 14.1. The van der Waals surface area contributed by atoms with Gasteiger partial charge in [0.25, 0.3) is 11.8 Å². The molecule has 7 heteroatoms. The summed E-state index contributed by atoms with van der Waals surface area (Å²) in [5, 5.41) is 11.5. The third kappa shape index (κ3) is 3.61. The van der Waals surface area contributed by atoms with Crippen LogP contribution in [0.4, 0.5) is 4.39 Å². The first-order chi connectivity index (χ1) is 12.0. The number of benzene rings is 3. The number of nitrogens with one attached hydrogen (secondary N) is 2. The van der Waals surface area contributed by atoms with Crippen LogP contribution in [0, 0.1) is 5.82 Å². The number of aromatic hydroxyl groups is 1. The van der Waals surface area contributed by atoms with Gasteiger partial charge in [-0.1, -0.05) is 40.2 Å². The molecule has 0 saturated carbocycles. The third-order valence-electron chi connectivity index (χ3n) is 3.57. The van der Waals surface area contributed by atoms with Gasteiger partial charge < -0.3 is 5.11 Å². The predicted molar refractivity (Wildman–Crippen MR) is 94.6 cm³/mol. The highest BCUT2D eigenvalue weighted by Crippen LogP contribution is 2.24. The van der Waals surface area contributed by atoms with Crippen LogP contribution in [0.2, 0.25) is 0 Å². The smallest absolute Gasteiger partial charge is 0.273 e. The molecule has 0 aliphatic rings. The van der Waals surface area contributed by atoms with E-state index in [1.165, 1.54) is 24.3 Å². The van der Waals surface area contributed by atoms with E-state index in [0.717, 1.165) is 16.8 Å². The molecule has 0 saturated heterocycles. The van der Waals surface area contributed by atoms with Crippen molar-refractivity contribution < 1.29 is 19.1 Å². The van der Waals surface area contributed by atoms with E-state index in [2.05, 4.69) is 26.8 Å². The Kier molecular flexibility index (Phi) is 4.67. The molecule has 3 aromatic carbocycles. The Bertz CT molecular complexity index is 991. The number of fused-ring (bicyclic) bond motifs is 1. The number of hydrazine groups is 1. The molecule has 0 unspecified atom stereocenters. The first-order valence-corrected chi connectivity index (χ1v) is 8.02.